The molecule has 0 saturated carbocycles. The van der Waals surface area contributed by atoms with E-state index in [1.165, 1.54) is 11.3 Å². The Balaban J connectivity index is 1.71. The molecular weight excluding hydrogens is 436 g/mol. The van der Waals surface area contributed by atoms with Crippen LogP contribution in [0.1, 0.15) is 50.1 Å². The Morgan fingerprint density at radius 3 is 2.52 bits per heavy atom. The van der Waals surface area contributed by atoms with E-state index >= 15 is 0 Å². The highest BCUT2D eigenvalue weighted by atomic mass is 32.1. The van der Waals surface area contributed by atoms with Gasteiger partial charge in [-0.05, 0) is 45.4 Å². The largest absolute Gasteiger partial charge is 0.493 e. The number of nitrogens with one attached hydrogen (secondary N) is 1. The van der Waals surface area contributed by atoms with Crippen LogP contribution >= 0.6 is 11.3 Å². The van der Waals surface area contributed by atoms with E-state index in [4.69, 9.17) is 9.47 Å². The van der Waals surface area contributed by atoms with Gasteiger partial charge in [0.2, 0.25) is 5.91 Å². The minimum absolute atomic E-state index is 0.0665. The molecule has 0 saturated heterocycles. The number of carbonyl (C=O) groups is 2. The van der Waals surface area contributed by atoms with Crippen molar-refractivity contribution in [3.05, 3.63) is 70.7 Å². The van der Waals surface area contributed by atoms with Crippen LogP contribution in [0.15, 0.2) is 53.9 Å². The second-order valence-electron chi connectivity index (χ2n) is 8.02. The highest BCUT2D eigenvalue weighted by Crippen LogP contribution is 2.32. The molecule has 0 aliphatic carbocycles. The summed E-state index contributed by atoms with van der Waals surface area (Å²) in [6, 6.07) is 15.0. The summed E-state index contributed by atoms with van der Waals surface area (Å²) < 4.78 is 11.0. The Morgan fingerprint density at radius 1 is 1.09 bits per heavy atom. The molecule has 6 nitrogen and oxygen atoms in total. The first kappa shape index (κ1) is 24.5. The van der Waals surface area contributed by atoms with Crippen molar-refractivity contribution in [2.24, 2.45) is 0 Å². The van der Waals surface area contributed by atoms with Gasteiger partial charge in [0.15, 0.2) is 0 Å². The maximum atomic E-state index is 12.9. The summed E-state index contributed by atoms with van der Waals surface area (Å²) in [5.41, 5.74) is 3.55. The molecule has 0 fully saturated rings. The molecule has 1 atom stereocenters. The van der Waals surface area contributed by atoms with E-state index in [1.54, 1.807) is 13.8 Å². The van der Waals surface area contributed by atoms with Crippen LogP contribution in [0.4, 0.5) is 0 Å². The molecule has 33 heavy (non-hydrogen) atoms. The van der Waals surface area contributed by atoms with Crippen LogP contribution in [-0.2, 0) is 20.7 Å². The molecule has 2 aromatic carbocycles. The molecule has 1 N–H and O–H groups in total. The first-order chi connectivity index (χ1) is 15.9. The maximum Gasteiger partial charge on any atom is 0.308 e. The lowest BCUT2D eigenvalue weighted by atomic mass is 10.0. The van der Waals surface area contributed by atoms with E-state index in [1.807, 2.05) is 67.8 Å². The van der Waals surface area contributed by atoms with Gasteiger partial charge in [-0.15, -0.1) is 11.3 Å². The molecular formula is C26H30N2O4S. The van der Waals surface area contributed by atoms with Gasteiger partial charge >= 0.3 is 5.97 Å². The standard InChI is InChI=1S/C26H30N2O4S/c1-5-31-23-9-7-6-8-21(23)26-27-20(16-33-26)14-24(29)28-22(15-25(30)32-17(2)3)19-12-10-18(4)11-13-19/h6-13,16-17,22H,5,14-15H2,1-4H3,(H,28,29). The average molecular weight is 467 g/mol. The lowest BCUT2D eigenvalue weighted by Gasteiger charge is -2.19. The molecule has 0 bridgehead atoms. The fourth-order valence-electron chi connectivity index (χ4n) is 3.38. The number of hydrogen-bond acceptors (Lipinski definition) is 6. The number of ether oxygens (including phenoxy) is 2. The molecule has 0 spiro atoms. The number of amides is 1. The van der Waals surface area contributed by atoms with Gasteiger partial charge in [0.05, 0.1) is 42.9 Å². The quantitative estimate of drug-likeness (QED) is 0.413. The van der Waals surface area contributed by atoms with Crippen molar-refractivity contribution in [2.75, 3.05) is 6.61 Å². The fourth-order valence-corrected chi connectivity index (χ4v) is 4.22. The minimum Gasteiger partial charge on any atom is -0.493 e. The number of aromatic nitrogens is 1. The first-order valence-electron chi connectivity index (χ1n) is 11.1. The van der Waals surface area contributed by atoms with Crippen molar-refractivity contribution in [2.45, 2.75) is 52.7 Å². The van der Waals surface area contributed by atoms with Gasteiger partial charge in [0.1, 0.15) is 10.8 Å². The zero-order valence-corrected chi connectivity index (χ0v) is 20.3. The number of aryl methyl sites for hydroxylation is 1. The molecule has 3 aromatic rings. The summed E-state index contributed by atoms with van der Waals surface area (Å²) in [7, 11) is 0. The van der Waals surface area contributed by atoms with E-state index < -0.39 is 6.04 Å². The summed E-state index contributed by atoms with van der Waals surface area (Å²) in [5, 5.41) is 5.67. The van der Waals surface area contributed by atoms with Crippen molar-refractivity contribution >= 4 is 23.2 Å². The number of thiazole rings is 1. The molecule has 1 heterocycles. The normalized spacial score (nSPS) is 11.8. The molecule has 3 rings (SSSR count). The van der Waals surface area contributed by atoms with E-state index in [2.05, 4.69) is 10.3 Å². The summed E-state index contributed by atoms with van der Waals surface area (Å²) >= 11 is 1.47. The van der Waals surface area contributed by atoms with Gasteiger partial charge in [-0.3, -0.25) is 9.59 Å². The second-order valence-corrected chi connectivity index (χ2v) is 8.88. The highest BCUT2D eigenvalue weighted by Gasteiger charge is 2.21. The van der Waals surface area contributed by atoms with Crippen LogP contribution in [0.2, 0.25) is 0 Å². The molecule has 1 amide bonds. The molecule has 0 aliphatic rings. The van der Waals surface area contributed by atoms with Gasteiger partial charge in [-0.2, -0.15) is 0 Å². The number of carbonyl (C=O) groups excluding carboxylic acids is 2. The van der Waals surface area contributed by atoms with Gasteiger partial charge in [-0.1, -0.05) is 42.0 Å². The Hall–Kier alpha value is -3.19. The van der Waals surface area contributed by atoms with E-state index in [0.29, 0.717) is 12.3 Å². The van der Waals surface area contributed by atoms with Gasteiger partial charge < -0.3 is 14.8 Å². The van der Waals surface area contributed by atoms with E-state index in [-0.39, 0.29) is 30.8 Å². The number of esters is 1. The lowest BCUT2D eigenvalue weighted by molar-refractivity contribution is -0.148. The van der Waals surface area contributed by atoms with Crippen molar-refractivity contribution < 1.29 is 19.1 Å². The van der Waals surface area contributed by atoms with E-state index in [9.17, 15) is 9.59 Å². The Kier molecular flexibility index (Phi) is 8.60. The number of nitrogens with zero attached hydrogens (tertiary/aromatic N) is 1. The molecule has 7 heteroatoms. The number of hydrogen-bond donors (Lipinski definition) is 1. The van der Waals surface area contributed by atoms with Crippen molar-refractivity contribution in [3.8, 4) is 16.3 Å². The second kappa shape index (κ2) is 11.6. The lowest BCUT2D eigenvalue weighted by Crippen LogP contribution is -2.32. The van der Waals surface area contributed by atoms with Crippen LogP contribution in [0.5, 0.6) is 5.75 Å². The van der Waals surface area contributed by atoms with Crippen LogP contribution in [0, 0.1) is 6.92 Å². The fraction of sp³-hybridized carbons (Fsp3) is 0.346. The van der Waals surface area contributed by atoms with Gasteiger partial charge in [-0.25, -0.2) is 4.98 Å². The van der Waals surface area contributed by atoms with Crippen molar-refractivity contribution in [1.82, 2.24) is 10.3 Å². The van der Waals surface area contributed by atoms with Crippen LogP contribution in [-0.4, -0.2) is 29.6 Å². The van der Waals surface area contributed by atoms with Crippen molar-refractivity contribution in [1.29, 1.82) is 0 Å². The minimum atomic E-state index is -0.471. The number of para-hydroxylation sites is 1. The van der Waals surface area contributed by atoms with Gasteiger partial charge in [0.25, 0.3) is 0 Å². The summed E-state index contributed by atoms with van der Waals surface area (Å²) in [6.45, 7) is 8.11. The Labute approximate surface area is 199 Å². The molecule has 0 aliphatic heterocycles. The third-order valence-electron chi connectivity index (χ3n) is 4.86. The SMILES string of the molecule is CCOc1ccccc1-c1nc(CC(=O)NC(CC(=O)OC(C)C)c2ccc(C)cc2)cs1. The monoisotopic (exact) mass is 466 g/mol. The highest BCUT2D eigenvalue weighted by molar-refractivity contribution is 7.13. The smallest absolute Gasteiger partial charge is 0.308 e. The summed E-state index contributed by atoms with van der Waals surface area (Å²) in [6.07, 6.45) is -0.0220. The maximum absolute atomic E-state index is 12.9. The Morgan fingerprint density at radius 2 is 1.82 bits per heavy atom. The predicted molar refractivity (Wildman–Crippen MR) is 130 cm³/mol. The third kappa shape index (κ3) is 7.15. The molecule has 1 unspecified atom stereocenters. The van der Waals surface area contributed by atoms with E-state index in [0.717, 1.165) is 27.4 Å². The molecule has 1 aromatic heterocycles. The Bertz CT molecular complexity index is 1080. The summed E-state index contributed by atoms with van der Waals surface area (Å²) in [4.78, 5) is 29.8. The third-order valence-corrected chi connectivity index (χ3v) is 5.79. The zero-order chi connectivity index (χ0) is 23.8. The van der Waals surface area contributed by atoms with Crippen LogP contribution < -0.4 is 10.1 Å². The van der Waals surface area contributed by atoms with Crippen molar-refractivity contribution in [3.63, 3.8) is 0 Å². The average Bonchev–Trinajstić information content (AvgIpc) is 3.22. The topological polar surface area (TPSA) is 77.5 Å². The number of rotatable bonds is 10. The van der Waals surface area contributed by atoms with Crippen LogP contribution in [0.3, 0.4) is 0 Å². The van der Waals surface area contributed by atoms with Gasteiger partial charge in [0, 0.05) is 5.38 Å². The molecule has 0 radical (unpaired) electrons. The zero-order valence-electron chi connectivity index (χ0n) is 19.5. The first-order valence-corrected chi connectivity index (χ1v) is 12.0. The predicted octanol–water partition coefficient (Wildman–Crippen LogP) is 5.26. The molecule has 174 valence electrons. The number of benzene rings is 2. The van der Waals surface area contributed by atoms with Crippen LogP contribution in [0.25, 0.3) is 10.6 Å². The summed E-state index contributed by atoms with van der Waals surface area (Å²) in [5.74, 6) is 0.223.